The number of carbonyl (C=O) groups excluding carboxylic acids is 1. The van der Waals surface area contributed by atoms with Gasteiger partial charge in [0.15, 0.2) is 0 Å². The summed E-state index contributed by atoms with van der Waals surface area (Å²) < 4.78 is 0. The van der Waals surface area contributed by atoms with Crippen molar-refractivity contribution >= 4 is 52.5 Å². The number of halogens is 2. The molecule has 1 heterocycles. The van der Waals surface area contributed by atoms with Crippen molar-refractivity contribution in [2.24, 2.45) is 0 Å². The minimum absolute atomic E-state index is 0.0650. The average Bonchev–Trinajstić information content (AvgIpc) is 2.89. The molecule has 10 heteroatoms. The van der Waals surface area contributed by atoms with Crippen LogP contribution in [0, 0.1) is 10.1 Å². The fraction of sp³-hybridized carbons (Fsp3) is 0.273. The number of benzene rings is 1. The van der Waals surface area contributed by atoms with Crippen LogP contribution in [0.4, 0.5) is 5.69 Å². The Labute approximate surface area is 133 Å². The second-order valence-corrected chi connectivity index (χ2v) is 5.96. The number of hydrogen-bond acceptors (Lipinski definition) is 5. The van der Waals surface area contributed by atoms with Crippen molar-refractivity contribution in [2.75, 3.05) is 11.6 Å². The van der Waals surface area contributed by atoms with Crippen molar-refractivity contribution in [1.82, 2.24) is 4.90 Å². The first kappa shape index (κ1) is 15.9. The molecule has 1 aromatic rings. The van der Waals surface area contributed by atoms with Gasteiger partial charge in [-0.25, -0.2) is 4.79 Å². The fourth-order valence-corrected chi connectivity index (χ4v) is 3.38. The molecule has 7 nitrogen and oxygen atoms in total. The Morgan fingerprint density at radius 2 is 2.10 bits per heavy atom. The molecule has 1 aliphatic rings. The van der Waals surface area contributed by atoms with Gasteiger partial charge in [0.2, 0.25) is 0 Å². The summed E-state index contributed by atoms with van der Waals surface area (Å²) in [6.07, 6.45) is 0. The Morgan fingerprint density at radius 3 is 2.67 bits per heavy atom. The monoisotopic (exact) mass is 350 g/mol. The SMILES string of the molecule is O=C(O)C1CSCN1C(=O)c1cc(Cl)c(Cl)c([N+](=O)[O-])c1. The van der Waals surface area contributed by atoms with Gasteiger partial charge in [0.05, 0.1) is 15.8 Å². The lowest BCUT2D eigenvalue weighted by atomic mass is 10.1. The average molecular weight is 351 g/mol. The van der Waals surface area contributed by atoms with Crippen molar-refractivity contribution in [3.63, 3.8) is 0 Å². The van der Waals surface area contributed by atoms with Crippen LogP contribution in [-0.4, -0.2) is 44.5 Å². The number of nitro benzene ring substituents is 1. The molecule has 1 aromatic carbocycles. The molecule has 2 rings (SSSR count). The number of aliphatic carboxylic acids is 1. The van der Waals surface area contributed by atoms with Crippen molar-refractivity contribution in [3.8, 4) is 0 Å². The Kier molecular flexibility index (Phi) is 4.60. The zero-order chi connectivity index (χ0) is 15.7. The number of nitro groups is 1. The third kappa shape index (κ3) is 3.07. The molecular weight excluding hydrogens is 343 g/mol. The molecule has 1 amide bonds. The summed E-state index contributed by atoms with van der Waals surface area (Å²) >= 11 is 12.8. The van der Waals surface area contributed by atoms with E-state index in [1.54, 1.807) is 0 Å². The van der Waals surface area contributed by atoms with Crippen LogP contribution in [0.5, 0.6) is 0 Å². The van der Waals surface area contributed by atoms with Crippen LogP contribution in [-0.2, 0) is 4.79 Å². The van der Waals surface area contributed by atoms with Gasteiger partial charge >= 0.3 is 5.97 Å². The number of carboxylic acids is 1. The molecule has 1 atom stereocenters. The highest BCUT2D eigenvalue weighted by Gasteiger charge is 2.35. The highest BCUT2D eigenvalue weighted by Crippen LogP contribution is 2.34. The minimum atomic E-state index is -1.12. The number of nitrogens with zero attached hydrogens (tertiary/aromatic N) is 2. The minimum Gasteiger partial charge on any atom is -0.480 e. The van der Waals surface area contributed by atoms with E-state index in [9.17, 15) is 19.7 Å². The molecular formula is C11H8Cl2N2O5S. The van der Waals surface area contributed by atoms with E-state index < -0.39 is 28.5 Å². The van der Waals surface area contributed by atoms with E-state index in [2.05, 4.69) is 0 Å². The molecule has 21 heavy (non-hydrogen) atoms. The van der Waals surface area contributed by atoms with Gasteiger partial charge in [-0.2, -0.15) is 0 Å². The lowest BCUT2D eigenvalue weighted by Gasteiger charge is -2.20. The smallest absolute Gasteiger partial charge is 0.327 e. The van der Waals surface area contributed by atoms with Gasteiger partial charge in [0.1, 0.15) is 11.1 Å². The number of amides is 1. The number of carboxylic acid groups (broad SMARTS) is 1. The highest BCUT2D eigenvalue weighted by atomic mass is 35.5. The van der Waals surface area contributed by atoms with Gasteiger partial charge in [-0.1, -0.05) is 23.2 Å². The van der Waals surface area contributed by atoms with Crippen LogP contribution < -0.4 is 0 Å². The van der Waals surface area contributed by atoms with Crippen LogP contribution in [0.3, 0.4) is 0 Å². The fourth-order valence-electron chi connectivity index (χ4n) is 1.84. The Bertz CT molecular complexity index is 639. The summed E-state index contributed by atoms with van der Waals surface area (Å²) in [6.45, 7) is 0. The van der Waals surface area contributed by atoms with E-state index >= 15 is 0 Å². The first-order valence-corrected chi connectivity index (χ1v) is 7.49. The molecule has 1 fully saturated rings. The highest BCUT2D eigenvalue weighted by molar-refractivity contribution is 7.99. The van der Waals surface area contributed by atoms with Crippen molar-refractivity contribution < 1.29 is 19.6 Å². The van der Waals surface area contributed by atoms with Crippen molar-refractivity contribution in [1.29, 1.82) is 0 Å². The predicted octanol–water partition coefficient (Wildman–Crippen LogP) is 2.50. The Hall–Kier alpha value is -1.51. The molecule has 1 saturated heterocycles. The maximum atomic E-state index is 12.3. The lowest BCUT2D eigenvalue weighted by Crippen LogP contribution is -2.41. The normalized spacial score (nSPS) is 17.8. The second kappa shape index (κ2) is 6.08. The quantitative estimate of drug-likeness (QED) is 0.663. The molecule has 0 aromatic heterocycles. The number of hydrogen-bond donors (Lipinski definition) is 1. The number of thioether (sulfide) groups is 1. The van der Waals surface area contributed by atoms with Crippen LogP contribution >= 0.6 is 35.0 Å². The Balaban J connectivity index is 2.40. The predicted molar refractivity (Wildman–Crippen MR) is 78.0 cm³/mol. The van der Waals surface area contributed by atoms with Gasteiger partial charge in [-0.15, -0.1) is 11.8 Å². The Morgan fingerprint density at radius 1 is 1.43 bits per heavy atom. The third-order valence-corrected chi connectivity index (χ3v) is 4.69. The second-order valence-electron chi connectivity index (χ2n) is 4.18. The molecule has 0 radical (unpaired) electrons. The third-order valence-electron chi connectivity index (χ3n) is 2.88. The molecule has 0 bridgehead atoms. The van der Waals surface area contributed by atoms with Crippen LogP contribution in [0.1, 0.15) is 10.4 Å². The van der Waals surface area contributed by atoms with Crippen molar-refractivity contribution in [3.05, 3.63) is 37.9 Å². The van der Waals surface area contributed by atoms with Gasteiger partial charge in [-0.3, -0.25) is 14.9 Å². The molecule has 112 valence electrons. The first-order valence-electron chi connectivity index (χ1n) is 5.58. The van der Waals surface area contributed by atoms with Crippen molar-refractivity contribution in [2.45, 2.75) is 6.04 Å². The van der Waals surface area contributed by atoms with Crippen LogP contribution in [0.15, 0.2) is 12.1 Å². The lowest BCUT2D eigenvalue weighted by molar-refractivity contribution is -0.384. The summed E-state index contributed by atoms with van der Waals surface area (Å²) in [5.41, 5.74) is -0.559. The van der Waals surface area contributed by atoms with E-state index in [0.717, 1.165) is 11.0 Å². The zero-order valence-electron chi connectivity index (χ0n) is 10.3. The van der Waals surface area contributed by atoms with E-state index in [1.807, 2.05) is 0 Å². The number of carbonyl (C=O) groups is 2. The largest absolute Gasteiger partial charge is 0.480 e. The zero-order valence-corrected chi connectivity index (χ0v) is 12.6. The summed E-state index contributed by atoms with van der Waals surface area (Å²) in [5.74, 6) is -1.29. The molecule has 0 aliphatic carbocycles. The van der Waals surface area contributed by atoms with Gasteiger partial charge in [0.25, 0.3) is 11.6 Å². The van der Waals surface area contributed by atoms with Crippen LogP contribution in [0.25, 0.3) is 0 Å². The maximum absolute atomic E-state index is 12.3. The molecule has 0 saturated carbocycles. The molecule has 1 aliphatic heterocycles. The standard InChI is InChI=1S/C11H8Cl2N2O5S/c12-6-1-5(2-7(9(6)13)15(19)20)10(16)14-4-21-3-8(14)11(17)18/h1-2,8H,3-4H2,(H,17,18). The van der Waals surface area contributed by atoms with E-state index in [-0.39, 0.29) is 27.2 Å². The van der Waals surface area contributed by atoms with E-state index in [1.165, 1.54) is 17.8 Å². The van der Waals surface area contributed by atoms with E-state index in [0.29, 0.717) is 0 Å². The molecule has 1 N–H and O–H groups in total. The number of rotatable bonds is 3. The maximum Gasteiger partial charge on any atom is 0.327 e. The summed E-state index contributed by atoms with van der Waals surface area (Å²) in [4.78, 5) is 34.7. The van der Waals surface area contributed by atoms with Gasteiger partial charge < -0.3 is 10.0 Å². The molecule has 1 unspecified atom stereocenters. The van der Waals surface area contributed by atoms with E-state index in [4.69, 9.17) is 28.3 Å². The summed E-state index contributed by atoms with van der Waals surface area (Å²) in [5, 5.41) is 19.5. The van der Waals surface area contributed by atoms with Gasteiger partial charge in [0, 0.05) is 17.4 Å². The summed E-state index contributed by atoms with van der Waals surface area (Å²) in [6, 6.07) is 1.23. The molecule has 0 spiro atoms. The van der Waals surface area contributed by atoms with Gasteiger partial charge in [-0.05, 0) is 6.07 Å². The topological polar surface area (TPSA) is 101 Å². The first-order chi connectivity index (χ1) is 9.82. The summed E-state index contributed by atoms with van der Waals surface area (Å²) in [7, 11) is 0. The van der Waals surface area contributed by atoms with Crippen LogP contribution in [0.2, 0.25) is 10.0 Å².